The van der Waals surface area contributed by atoms with Crippen LogP contribution < -0.4 is 5.32 Å². The monoisotopic (exact) mass is 304 g/mol. The quantitative estimate of drug-likeness (QED) is 0.786. The van der Waals surface area contributed by atoms with Crippen LogP contribution in [-0.2, 0) is 4.79 Å². The van der Waals surface area contributed by atoms with E-state index in [4.69, 9.17) is 0 Å². The number of hydrogen-bond acceptors (Lipinski definition) is 4. The number of aromatic nitrogens is 2. The van der Waals surface area contributed by atoms with E-state index in [0.717, 1.165) is 56.2 Å². The molecular formula is C17H28N4O. The summed E-state index contributed by atoms with van der Waals surface area (Å²) < 4.78 is 0. The average Bonchev–Trinajstić information content (AvgIpc) is 2.88. The van der Waals surface area contributed by atoms with Crippen molar-refractivity contribution in [1.29, 1.82) is 0 Å². The number of hydrogen-bond donors (Lipinski definition) is 1. The van der Waals surface area contributed by atoms with E-state index < -0.39 is 0 Å². The minimum absolute atomic E-state index is 0.297. The summed E-state index contributed by atoms with van der Waals surface area (Å²) in [6.45, 7) is 11.1. The maximum Gasteiger partial charge on any atom is 0.222 e. The molecule has 0 aromatic carbocycles. The molecule has 0 aliphatic carbocycles. The summed E-state index contributed by atoms with van der Waals surface area (Å²) in [4.78, 5) is 22.7. The molecule has 1 aliphatic rings. The zero-order valence-corrected chi connectivity index (χ0v) is 14.2. The lowest BCUT2D eigenvalue weighted by Crippen LogP contribution is -2.27. The van der Waals surface area contributed by atoms with Gasteiger partial charge in [0.05, 0.1) is 0 Å². The van der Waals surface area contributed by atoms with E-state index in [2.05, 4.69) is 43.0 Å². The Morgan fingerprint density at radius 2 is 2.00 bits per heavy atom. The highest BCUT2D eigenvalue weighted by atomic mass is 16.2. The van der Waals surface area contributed by atoms with Crippen LogP contribution in [0.5, 0.6) is 0 Å². The minimum atomic E-state index is 0.297. The van der Waals surface area contributed by atoms with Crippen molar-refractivity contribution in [1.82, 2.24) is 14.9 Å². The second-order valence-electron chi connectivity index (χ2n) is 6.61. The smallest absolute Gasteiger partial charge is 0.222 e. The lowest BCUT2D eigenvalue weighted by Gasteiger charge is -2.16. The molecule has 2 rings (SSSR count). The Kier molecular flexibility index (Phi) is 5.75. The minimum Gasteiger partial charge on any atom is -0.370 e. The summed E-state index contributed by atoms with van der Waals surface area (Å²) in [7, 11) is 0. The molecule has 1 amide bonds. The van der Waals surface area contributed by atoms with Crippen LogP contribution in [0.1, 0.15) is 70.3 Å². The topological polar surface area (TPSA) is 58.1 Å². The summed E-state index contributed by atoms with van der Waals surface area (Å²) in [6.07, 6.45) is 2.67. The molecule has 2 heterocycles. The maximum absolute atomic E-state index is 11.6. The van der Waals surface area contributed by atoms with E-state index in [1.807, 2.05) is 11.0 Å². The van der Waals surface area contributed by atoms with Crippen LogP contribution in [0, 0.1) is 0 Å². The third kappa shape index (κ3) is 4.42. The van der Waals surface area contributed by atoms with E-state index in [-0.39, 0.29) is 0 Å². The molecule has 5 heteroatoms. The molecule has 1 saturated heterocycles. The van der Waals surface area contributed by atoms with E-state index in [0.29, 0.717) is 17.7 Å². The van der Waals surface area contributed by atoms with Crippen molar-refractivity contribution in [3.8, 4) is 0 Å². The highest BCUT2D eigenvalue weighted by Crippen LogP contribution is 2.19. The van der Waals surface area contributed by atoms with Crippen molar-refractivity contribution in [2.45, 2.75) is 58.8 Å². The molecule has 122 valence electrons. The van der Waals surface area contributed by atoms with Crippen molar-refractivity contribution in [3.05, 3.63) is 17.6 Å². The third-order valence-corrected chi connectivity index (χ3v) is 3.95. The number of likely N-dealkylation sites (tertiary alicyclic amines) is 1. The molecule has 1 N–H and O–H groups in total. The molecule has 0 unspecified atom stereocenters. The number of nitrogens with one attached hydrogen (secondary N) is 1. The molecular weight excluding hydrogens is 276 g/mol. The third-order valence-electron chi connectivity index (χ3n) is 3.95. The van der Waals surface area contributed by atoms with Gasteiger partial charge in [-0.15, -0.1) is 0 Å². The second-order valence-corrected chi connectivity index (χ2v) is 6.61. The van der Waals surface area contributed by atoms with Gasteiger partial charge < -0.3 is 10.2 Å². The normalized spacial score (nSPS) is 15.2. The molecule has 0 atom stereocenters. The molecule has 1 fully saturated rings. The van der Waals surface area contributed by atoms with Crippen molar-refractivity contribution < 1.29 is 4.79 Å². The molecule has 1 aromatic rings. The van der Waals surface area contributed by atoms with Crippen LogP contribution in [-0.4, -0.2) is 40.4 Å². The number of rotatable bonds is 7. The van der Waals surface area contributed by atoms with Crippen molar-refractivity contribution in [2.24, 2.45) is 0 Å². The molecule has 0 radical (unpaired) electrons. The van der Waals surface area contributed by atoms with Gasteiger partial charge in [-0.2, -0.15) is 0 Å². The summed E-state index contributed by atoms with van der Waals surface area (Å²) in [6, 6.07) is 2.04. The van der Waals surface area contributed by atoms with Gasteiger partial charge in [0.25, 0.3) is 0 Å². The molecule has 5 nitrogen and oxygen atoms in total. The van der Waals surface area contributed by atoms with Gasteiger partial charge in [-0.1, -0.05) is 27.7 Å². The van der Waals surface area contributed by atoms with E-state index >= 15 is 0 Å². The lowest BCUT2D eigenvalue weighted by molar-refractivity contribution is -0.127. The molecule has 22 heavy (non-hydrogen) atoms. The number of nitrogens with zero attached hydrogens (tertiary/aromatic N) is 3. The van der Waals surface area contributed by atoms with Gasteiger partial charge in [0.1, 0.15) is 11.6 Å². The summed E-state index contributed by atoms with van der Waals surface area (Å²) in [5, 5.41) is 3.38. The first kappa shape index (κ1) is 16.7. The van der Waals surface area contributed by atoms with E-state index in [1.54, 1.807) is 0 Å². The van der Waals surface area contributed by atoms with E-state index in [9.17, 15) is 4.79 Å². The van der Waals surface area contributed by atoms with Gasteiger partial charge in [-0.25, -0.2) is 9.97 Å². The molecule has 0 bridgehead atoms. The number of carbonyl (C=O) groups is 1. The predicted molar refractivity (Wildman–Crippen MR) is 89.1 cm³/mol. The molecule has 0 spiro atoms. The second kappa shape index (κ2) is 7.56. The van der Waals surface area contributed by atoms with Gasteiger partial charge in [-0.3, -0.25) is 4.79 Å². The highest BCUT2D eigenvalue weighted by Gasteiger charge is 2.19. The van der Waals surface area contributed by atoms with Crippen molar-refractivity contribution >= 4 is 11.7 Å². The van der Waals surface area contributed by atoms with Crippen LogP contribution in [0.4, 0.5) is 5.82 Å². The van der Waals surface area contributed by atoms with Crippen LogP contribution in [0.15, 0.2) is 6.07 Å². The number of carbonyl (C=O) groups excluding carboxylic acids is 1. The van der Waals surface area contributed by atoms with Crippen LogP contribution in [0.2, 0.25) is 0 Å². The standard InChI is InChI=1S/C17H28N4O/c1-12(2)14-11-15(20-17(19-14)13(3)4)18-8-6-10-21-9-5-7-16(21)22/h11-13H,5-10H2,1-4H3,(H,18,19,20). The Labute approximate surface area is 133 Å². The average molecular weight is 304 g/mol. The largest absolute Gasteiger partial charge is 0.370 e. The Morgan fingerprint density at radius 3 is 2.59 bits per heavy atom. The van der Waals surface area contributed by atoms with Gasteiger partial charge in [0, 0.05) is 43.7 Å². The fraction of sp³-hybridized carbons (Fsp3) is 0.706. The van der Waals surface area contributed by atoms with Crippen LogP contribution >= 0.6 is 0 Å². The number of anilines is 1. The zero-order valence-electron chi connectivity index (χ0n) is 14.2. The zero-order chi connectivity index (χ0) is 16.1. The molecule has 1 aliphatic heterocycles. The summed E-state index contributed by atoms with van der Waals surface area (Å²) in [5.74, 6) is 2.80. The Morgan fingerprint density at radius 1 is 1.23 bits per heavy atom. The number of amides is 1. The highest BCUT2D eigenvalue weighted by molar-refractivity contribution is 5.77. The maximum atomic E-state index is 11.6. The Balaban J connectivity index is 1.89. The van der Waals surface area contributed by atoms with Gasteiger partial charge in [-0.05, 0) is 18.8 Å². The van der Waals surface area contributed by atoms with Gasteiger partial charge >= 0.3 is 0 Å². The van der Waals surface area contributed by atoms with Crippen LogP contribution in [0.25, 0.3) is 0 Å². The van der Waals surface area contributed by atoms with Gasteiger partial charge in [0.2, 0.25) is 5.91 Å². The predicted octanol–water partition coefficient (Wildman–Crippen LogP) is 3.15. The van der Waals surface area contributed by atoms with Crippen molar-refractivity contribution in [3.63, 3.8) is 0 Å². The molecule has 1 aromatic heterocycles. The molecule has 0 saturated carbocycles. The van der Waals surface area contributed by atoms with E-state index in [1.165, 1.54) is 0 Å². The van der Waals surface area contributed by atoms with Crippen molar-refractivity contribution in [2.75, 3.05) is 25.0 Å². The lowest BCUT2D eigenvalue weighted by atomic mass is 10.1. The van der Waals surface area contributed by atoms with Crippen LogP contribution in [0.3, 0.4) is 0 Å². The fourth-order valence-corrected chi connectivity index (χ4v) is 2.56. The first-order valence-corrected chi connectivity index (χ1v) is 8.38. The first-order chi connectivity index (χ1) is 10.5. The first-order valence-electron chi connectivity index (χ1n) is 8.38. The summed E-state index contributed by atoms with van der Waals surface area (Å²) in [5.41, 5.74) is 1.08. The SMILES string of the molecule is CC(C)c1cc(NCCCN2CCCC2=O)nc(C(C)C)n1. The summed E-state index contributed by atoms with van der Waals surface area (Å²) >= 11 is 0. The fourth-order valence-electron chi connectivity index (χ4n) is 2.56. The van der Waals surface area contributed by atoms with Gasteiger partial charge in [0.15, 0.2) is 0 Å². The Bertz CT molecular complexity index is 487. The Hall–Kier alpha value is -1.65.